The van der Waals surface area contributed by atoms with Gasteiger partial charge < -0.3 is 9.88 Å². The summed E-state index contributed by atoms with van der Waals surface area (Å²) >= 11 is 0. The molecule has 7 nitrogen and oxygen atoms in total. The highest BCUT2D eigenvalue weighted by Crippen LogP contribution is 2.50. The number of aromatic amines is 1. The highest BCUT2D eigenvalue weighted by atomic mass is 32.2. The molecule has 3 atom stereocenters. The highest BCUT2D eigenvalue weighted by Gasteiger charge is 2.53. The van der Waals surface area contributed by atoms with Crippen LogP contribution >= 0.6 is 0 Å². The van der Waals surface area contributed by atoms with Crippen LogP contribution in [0.3, 0.4) is 0 Å². The number of nitrogens with zero attached hydrogens (tertiary/aromatic N) is 4. The van der Waals surface area contributed by atoms with E-state index in [2.05, 4.69) is 33.8 Å². The molecule has 2 aromatic heterocycles. The van der Waals surface area contributed by atoms with Gasteiger partial charge in [-0.15, -0.1) is 0 Å². The van der Waals surface area contributed by atoms with Crippen molar-refractivity contribution in [2.24, 2.45) is 11.3 Å². The minimum atomic E-state index is -3.09. The molecule has 0 amide bonds. The van der Waals surface area contributed by atoms with E-state index in [1.165, 1.54) is 0 Å². The van der Waals surface area contributed by atoms with Crippen LogP contribution in [0.1, 0.15) is 26.7 Å². The summed E-state index contributed by atoms with van der Waals surface area (Å²) in [5, 5.41) is 1.03. The summed E-state index contributed by atoms with van der Waals surface area (Å²) in [6.07, 6.45) is 5.46. The Balaban J connectivity index is 1.55. The van der Waals surface area contributed by atoms with Gasteiger partial charge in [-0.3, -0.25) is 0 Å². The standard InChI is InChI=1S/C17H25N5O2S/c1-4-25(23,24)22-9-12-7-13(8-17(12,2)10-22)21(3)16-14-5-6-18-15(14)19-11-20-16/h5-6,11-13H,4,7-10H2,1-3H3,(H,18,19,20)/t12-,13-,17+/m0/s1. The number of nitrogens with one attached hydrogen (secondary N) is 1. The second-order valence-electron chi connectivity index (χ2n) is 7.69. The van der Waals surface area contributed by atoms with Crippen molar-refractivity contribution in [2.75, 3.05) is 30.8 Å². The normalized spacial score (nSPS) is 30.0. The lowest BCUT2D eigenvalue weighted by atomic mass is 9.83. The molecule has 2 aromatic rings. The monoisotopic (exact) mass is 363 g/mol. The van der Waals surface area contributed by atoms with Crippen LogP contribution in [0.4, 0.5) is 5.82 Å². The van der Waals surface area contributed by atoms with Gasteiger partial charge in [0, 0.05) is 32.4 Å². The Labute approximate surface area is 148 Å². The fraction of sp³-hybridized carbons (Fsp3) is 0.647. The fourth-order valence-electron chi connectivity index (χ4n) is 4.61. The molecule has 0 bridgehead atoms. The van der Waals surface area contributed by atoms with Crippen LogP contribution < -0.4 is 4.90 Å². The Morgan fingerprint density at radius 3 is 2.96 bits per heavy atom. The largest absolute Gasteiger partial charge is 0.356 e. The van der Waals surface area contributed by atoms with Crippen molar-refractivity contribution >= 4 is 26.9 Å². The van der Waals surface area contributed by atoms with Crippen LogP contribution in [-0.2, 0) is 10.0 Å². The van der Waals surface area contributed by atoms with E-state index in [-0.39, 0.29) is 11.2 Å². The summed E-state index contributed by atoms with van der Waals surface area (Å²) < 4.78 is 26.1. The van der Waals surface area contributed by atoms with Crippen molar-refractivity contribution < 1.29 is 8.42 Å². The van der Waals surface area contributed by atoms with Gasteiger partial charge in [0.15, 0.2) is 0 Å². The minimum Gasteiger partial charge on any atom is -0.356 e. The molecule has 2 aliphatic rings. The molecule has 0 radical (unpaired) electrons. The number of sulfonamides is 1. The predicted octanol–water partition coefficient (Wildman–Crippen LogP) is 1.84. The lowest BCUT2D eigenvalue weighted by Crippen LogP contribution is -2.36. The lowest BCUT2D eigenvalue weighted by molar-refractivity contribution is 0.296. The van der Waals surface area contributed by atoms with Crippen LogP contribution in [0.25, 0.3) is 11.0 Å². The molecule has 1 saturated carbocycles. The third-order valence-electron chi connectivity index (χ3n) is 6.18. The summed E-state index contributed by atoms with van der Waals surface area (Å²) in [5.74, 6) is 1.54. The van der Waals surface area contributed by atoms with Crippen LogP contribution in [0, 0.1) is 11.3 Å². The lowest BCUT2D eigenvalue weighted by Gasteiger charge is -2.29. The number of hydrogen-bond donors (Lipinski definition) is 1. The number of hydrogen-bond acceptors (Lipinski definition) is 5. The summed E-state index contributed by atoms with van der Waals surface area (Å²) in [7, 11) is -1.01. The van der Waals surface area contributed by atoms with E-state index in [9.17, 15) is 8.42 Å². The van der Waals surface area contributed by atoms with Crippen molar-refractivity contribution in [3.05, 3.63) is 18.6 Å². The van der Waals surface area contributed by atoms with Gasteiger partial charge in [-0.25, -0.2) is 22.7 Å². The summed E-state index contributed by atoms with van der Waals surface area (Å²) in [6.45, 7) is 5.25. The van der Waals surface area contributed by atoms with Gasteiger partial charge in [-0.05, 0) is 37.2 Å². The molecule has 1 aliphatic carbocycles. The summed E-state index contributed by atoms with van der Waals surface area (Å²) in [4.78, 5) is 14.1. The maximum absolute atomic E-state index is 12.2. The predicted molar refractivity (Wildman–Crippen MR) is 97.9 cm³/mol. The number of aromatic nitrogens is 3. The van der Waals surface area contributed by atoms with E-state index < -0.39 is 10.0 Å². The third-order valence-corrected chi connectivity index (χ3v) is 7.97. The zero-order chi connectivity index (χ0) is 17.8. The highest BCUT2D eigenvalue weighted by molar-refractivity contribution is 7.89. The Morgan fingerprint density at radius 2 is 2.24 bits per heavy atom. The van der Waals surface area contributed by atoms with E-state index in [0.29, 0.717) is 25.0 Å². The first-order chi connectivity index (χ1) is 11.8. The molecule has 3 heterocycles. The van der Waals surface area contributed by atoms with E-state index >= 15 is 0 Å². The first-order valence-corrected chi connectivity index (χ1v) is 10.4. The van der Waals surface area contributed by atoms with E-state index in [1.807, 2.05) is 12.3 Å². The molecule has 0 unspecified atom stereocenters. The maximum atomic E-state index is 12.2. The second kappa shape index (κ2) is 5.67. The third kappa shape index (κ3) is 2.62. The number of rotatable bonds is 4. The molecule has 2 fully saturated rings. The van der Waals surface area contributed by atoms with Gasteiger partial charge in [0.2, 0.25) is 10.0 Å². The Bertz CT molecular complexity index is 895. The summed E-state index contributed by atoms with van der Waals surface area (Å²) in [6, 6.07) is 2.38. The first kappa shape index (κ1) is 16.8. The molecular formula is C17H25N5O2S. The molecule has 1 aliphatic heterocycles. The smallest absolute Gasteiger partial charge is 0.213 e. The number of fused-ring (bicyclic) bond motifs is 2. The maximum Gasteiger partial charge on any atom is 0.213 e. The molecule has 136 valence electrons. The molecule has 25 heavy (non-hydrogen) atoms. The quantitative estimate of drug-likeness (QED) is 0.896. The number of H-pyrrole nitrogens is 1. The molecule has 1 N–H and O–H groups in total. The molecular weight excluding hydrogens is 338 g/mol. The number of anilines is 1. The van der Waals surface area contributed by atoms with Gasteiger partial charge in [-0.1, -0.05) is 6.92 Å². The first-order valence-electron chi connectivity index (χ1n) is 8.83. The average molecular weight is 363 g/mol. The van der Waals surface area contributed by atoms with Gasteiger partial charge in [0.25, 0.3) is 0 Å². The average Bonchev–Trinajstić information content (AvgIpc) is 3.25. The topological polar surface area (TPSA) is 82.2 Å². The van der Waals surface area contributed by atoms with Crippen molar-refractivity contribution in [3.63, 3.8) is 0 Å². The fourth-order valence-corrected chi connectivity index (χ4v) is 5.87. The molecule has 8 heteroatoms. The SMILES string of the molecule is CCS(=O)(=O)N1C[C@@H]2C[C@H](N(C)c3ncnc4[nH]ccc34)C[C@]2(C)C1. The van der Waals surface area contributed by atoms with Crippen molar-refractivity contribution in [3.8, 4) is 0 Å². The minimum absolute atomic E-state index is 0.0471. The van der Waals surface area contributed by atoms with Crippen LogP contribution in [-0.4, -0.2) is 59.6 Å². The van der Waals surface area contributed by atoms with Gasteiger partial charge >= 0.3 is 0 Å². The van der Waals surface area contributed by atoms with Gasteiger partial charge in [-0.2, -0.15) is 0 Å². The van der Waals surface area contributed by atoms with Crippen LogP contribution in [0.5, 0.6) is 0 Å². The molecule has 0 spiro atoms. The zero-order valence-corrected chi connectivity index (χ0v) is 15.8. The van der Waals surface area contributed by atoms with E-state index in [4.69, 9.17) is 0 Å². The Hall–Kier alpha value is -1.67. The molecule has 4 rings (SSSR count). The zero-order valence-electron chi connectivity index (χ0n) is 14.9. The van der Waals surface area contributed by atoms with Gasteiger partial charge in [0.1, 0.15) is 17.8 Å². The Kier molecular flexibility index (Phi) is 3.81. The van der Waals surface area contributed by atoms with Crippen molar-refractivity contribution in [1.82, 2.24) is 19.3 Å². The van der Waals surface area contributed by atoms with Crippen LogP contribution in [0.15, 0.2) is 18.6 Å². The van der Waals surface area contributed by atoms with Gasteiger partial charge in [0.05, 0.1) is 11.1 Å². The summed E-state index contributed by atoms with van der Waals surface area (Å²) in [5.41, 5.74) is 0.896. The second-order valence-corrected chi connectivity index (χ2v) is 9.94. The van der Waals surface area contributed by atoms with Crippen molar-refractivity contribution in [1.29, 1.82) is 0 Å². The Morgan fingerprint density at radius 1 is 1.44 bits per heavy atom. The molecule has 1 saturated heterocycles. The van der Waals surface area contributed by atoms with E-state index in [1.54, 1.807) is 17.6 Å². The van der Waals surface area contributed by atoms with Crippen molar-refractivity contribution in [2.45, 2.75) is 32.7 Å². The van der Waals surface area contributed by atoms with E-state index in [0.717, 1.165) is 29.7 Å². The van der Waals surface area contributed by atoms with Crippen LogP contribution in [0.2, 0.25) is 0 Å². The molecule has 0 aromatic carbocycles.